The first-order chi connectivity index (χ1) is 21.3. The number of rotatable bonds is 9. The molecule has 5 heterocycles. The highest BCUT2D eigenvalue weighted by Gasteiger charge is 2.39. The number of dihydropyridines is 1. The Kier molecular flexibility index (Phi) is 8.83. The summed E-state index contributed by atoms with van der Waals surface area (Å²) in [6.07, 6.45) is 15.9. The van der Waals surface area contributed by atoms with E-state index >= 15 is 0 Å². The summed E-state index contributed by atoms with van der Waals surface area (Å²) < 4.78 is 47.2. The lowest BCUT2D eigenvalue weighted by atomic mass is 9.82. The van der Waals surface area contributed by atoms with Crippen molar-refractivity contribution in [2.24, 2.45) is 4.99 Å². The number of allylic oxidation sites excluding steroid dienone is 1. The Morgan fingerprint density at radius 2 is 1.93 bits per heavy atom. The molecule has 10 nitrogen and oxygen atoms in total. The Labute approximate surface area is 255 Å². The van der Waals surface area contributed by atoms with Crippen molar-refractivity contribution in [2.45, 2.75) is 75.4 Å². The zero-order chi connectivity index (χ0) is 30.7. The lowest BCUT2D eigenvalue weighted by molar-refractivity contribution is 0.0625. The summed E-state index contributed by atoms with van der Waals surface area (Å²) >= 11 is 0. The van der Waals surface area contributed by atoms with Crippen molar-refractivity contribution in [3.63, 3.8) is 0 Å². The number of halogens is 3. The zero-order valence-electron chi connectivity index (χ0n) is 24.9. The highest BCUT2D eigenvalue weighted by molar-refractivity contribution is 6.07. The van der Waals surface area contributed by atoms with Gasteiger partial charge in [-0.1, -0.05) is 0 Å². The minimum atomic E-state index is -2.49. The van der Waals surface area contributed by atoms with E-state index in [1.165, 1.54) is 4.68 Å². The average Bonchev–Trinajstić information content (AvgIpc) is 3.48. The summed E-state index contributed by atoms with van der Waals surface area (Å²) in [5, 5.41) is 11.3. The van der Waals surface area contributed by atoms with Crippen LogP contribution in [0.15, 0.2) is 66.0 Å². The highest BCUT2D eigenvalue weighted by atomic mass is 19.3. The summed E-state index contributed by atoms with van der Waals surface area (Å²) in [5.41, 5.74) is 8.27. The van der Waals surface area contributed by atoms with Crippen LogP contribution in [0.2, 0.25) is 0 Å². The van der Waals surface area contributed by atoms with E-state index in [1.54, 1.807) is 18.6 Å². The molecule has 4 N–H and O–H groups in total. The molecule has 1 saturated heterocycles. The molecule has 2 fully saturated rings. The molecule has 4 aliphatic rings. The first kappa shape index (κ1) is 30.0. The first-order valence-electron chi connectivity index (χ1n) is 15.3. The van der Waals surface area contributed by atoms with Gasteiger partial charge in [-0.3, -0.25) is 9.67 Å². The number of aromatic nitrogens is 3. The normalized spacial score (nSPS) is 26.3. The van der Waals surface area contributed by atoms with Crippen molar-refractivity contribution in [1.82, 2.24) is 25.0 Å². The molecule has 0 aromatic carbocycles. The number of likely N-dealkylation sites (tertiary alicyclic amines) is 1. The number of nitrogens with one attached hydrogen (secondary N) is 2. The predicted octanol–water partition coefficient (Wildman–Crippen LogP) is 4.56. The summed E-state index contributed by atoms with van der Waals surface area (Å²) in [4.78, 5) is 13.5. The maximum absolute atomic E-state index is 13.9. The Hall–Kier alpha value is -4.00. The molecule has 0 amide bonds. The molecular weight excluding hydrogens is 571 g/mol. The number of hydrogen-bond donors (Lipinski definition) is 3. The standard InChI is InChI=1S/C31H40F3N9O/c1-41-11-7-24(8-12-41)44-25-6-10-31(38-16-25,26-17-36-30(35)14-27(26)40-22-4-2-21(32)3-5-22)28-9-13-42(20-37-28)23-15-39-43(18-23)19-29(33)34/h6,9-10,13-18,21-22,24,29,38H,2-5,7-8,11-12,19-20H2,1H3,(H3,35,36,40). The van der Waals surface area contributed by atoms with Crippen LogP contribution in [0.25, 0.3) is 0 Å². The minimum Gasteiger partial charge on any atom is -0.489 e. The van der Waals surface area contributed by atoms with Crippen LogP contribution in [0.5, 0.6) is 0 Å². The van der Waals surface area contributed by atoms with Crippen molar-refractivity contribution in [1.29, 1.82) is 0 Å². The molecule has 0 spiro atoms. The largest absolute Gasteiger partial charge is 0.489 e. The summed E-state index contributed by atoms with van der Waals surface area (Å²) in [6, 6.07) is 1.93. The number of aliphatic imine (C=N–C) groups is 1. The smallest absolute Gasteiger partial charge is 0.257 e. The fourth-order valence-corrected chi connectivity index (χ4v) is 6.22. The summed E-state index contributed by atoms with van der Waals surface area (Å²) in [5.74, 6) is 1.11. The van der Waals surface area contributed by atoms with Crippen LogP contribution in [0, 0.1) is 0 Å². The third-order valence-corrected chi connectivity index (χ3v) is 8.76. The molecule has 3 aliphatic heterocycles. The third-order valence-electron chi connectivity index (χ3n) is 8.76. The van der Waals surface area contributed by atoms with Gasteiger partial charge < -0.3 is 30.9 Å². The molecule has 236 valence electrons. The second kappa shape index (κ2) is 12.9. The van der Waals surface area contributed by atoms with Crippen molar-refractivity contribution in [3.05, 3.63) is 66.6 Å². The molecular formula is C31H40F3N9O. The molecule has 0 radical (unpaired) electrons. The molecule has 1 unspecified atom stereocenters. The molecule has 13 heteroatoms. The number of anilines is 3. The average molecular weight is 612 g/mol. The van der Waals surface area contributed by atoms with Gasteiger partial charge >= 0.3 is 0 Å². The topological polar surface area (TPSA) is 109 Å². The number of pyridine rings is 1. The molecule has 1 aliphatic carbocycles. The van der Waals surface area contributed by atoms with Gasteiger partial charge in [0.05, 0.1) is 17.6 Å². The maximum Gasteiger partial charge on any atom is 0.257 e. The van der Waals surface area contributed by atoms with Gasteiger partial charge in [0.2, 0.25) is 0 Å². The van der Waals surface area contributed by atoms with Gasteiger partial charge in [-0.25, -0.2) is 18.2 Å². The van der Waals surface area contributed by atoms with Crippen molar-refractivity contribution in [3.8, 4) is 0 Å². The van der Waals surface area contributed by atoms with Gasteiger partial charge in [0.1, 0.15) is 42.6 Å². The van der Waals surface area contributed by atoms with Gasteiger partial charge in [0.15, 0.2) is 0 Å². The van der Waals surface area contributed by atoms with E-state index in [-0.39, 0.29) is 18.8 Å². The SMILES string of the molecule is CN1CCC(OC2=CNC(C3=NCN(c4cnn(CC(F)F)c4)C=C3)(c3cnc(N)cc3NC3CCC(F)CC3)C=C2)CC1. The molecule has 0 bridgehead atoms. The number of piperidine rings is 1. The van der Waals surface area contributed by atoms with Crippen LogP contribution in [-0.2, 0) is 16.8 Å². The van der Waals surface area contributed by atoms with Crippen LogP contribution < -0.4 is 21.3 Å². The van der Waals surface area contributed by atoms with Crippen LogP contribution >= 0.6 is 0 Å². The van der Waals surface area contributed by atoms with Crippen molar-refractivity contribution in [2.75, 3.05) is 42.8 Å². The third kappa shape index (κ3) is 6.72. The van der Waals surface area contributed by atoms with Gasteiger partial charge in [0.25, 0.3) is 6.43 Å². The first-order valence-corrected chi connectivity index (χ1v) is 15.3. The maximum atomic E-state index is 13.9. The van der Waals surface area contributed by atoms with Gasteiger partial charge in [-0.15, -0.1) is 0 Å². The predicted molar refractivity (Wildman–Crippen MR) is 165 cm³/mol. The van der Waals surface area contributed by atoms with Gasteiger partial charge in [-0.05, 0) is 63.8 Å². The van der Waals surface area contributed by atoms with Crippen molar-refractivity contribution >= 4 is 22.9 Å². The minimum absolute atomic E-state index is 0.107. The van der Waals surface area contributed by atoms with E-state index in [0.717, 1.165) is 61.5 Å². The fourth-order valence-electron chi connectivity index (χ4n) is 6.22. The lowest BCUT2D eigenvalue weighted by Crippen LogP contribution is -2.48. The Balaban J connectivity index is 1.28. The number of nitrogens with zero attached hydrogens (tertiary/aromatic N) is 6. The van der Waals surface area contributed by atoms with E-state index < -0.39 is 24.7 Å². The molecule has 2 aromatic rings. The van der Waals surface area contributed by atoms with Crippen LogP contribution in [0.1, 0.15) is 44.1 Å². The molecule has 44 heavy (non-hydrogen) atoms. The van der Waals surface area contributed by atoms with Crippen LogP contribution in [0.3, 0.4) is 0 Å². The molecule has 1 saturated carbocycles. The van der Waals surface area contributed by atoms with Crippen LogP contribution in [-0.4, -0.2) is 76.9 Å². The summed E-state index contributed by atoms with van der Waals surface area (Å²) in [7, 11) is 2.12. The molecule has 2 aromatic heterocycles. The van der Waals surface area contributed by atoms with Crippen LogP contribution in [0.4, 0.5) is 30.4 Å². The second-order valence-electron chi connectivity index (χ2n) is 12.0. The number of nitrogen functional groups attached to an aromatic ring is 1. The monoisotopic (exact) mass is 611 g/mol. The molecule has 6 rings (SSSR count). The van der Waals surface area contributed by atoms with E-state index in [9.17, 15) is 13.2 Å². The summed E-state index contributed by atoms with van der Waals surface area (Å²) in [6.45, 7) is 1.78. The Morgan fingerprint density at radius 3 is 2.61 bits per heavy atom. The lowest BCUT2D eigenvalue weighted by Gasteiger charge is -2.39. The highest BCUT2D eigenvalue weighted by Crippen LogP contribution is 2.37. The zero-order valence-corrected chi connectivity index (χ0v) is 24.9. The van der Waals surface area contributed by atoms with Crippen molar-refractivity contribution < 1.29 is 17.9 Å². The van der Waals surface area contributed by atoms with E-state index in [1.807, 2.05) is 41.6 Å². The number of ether oxygens (including phenoxy) is 1. The number of alkyl halides is 3. The Morgan fingerprint density at radius 1 is 1.14 bits per heavy atom. The van der Waals surface area contributed by atoms with Gasteiger partial charge in [-0.2, -0.15) is 5.10 Å². The number of hydrogen-bond acceptors (Lipinski definition) is 9. The quantitative estimate of drug-likeness (QED) is 0.379. The van der Waals surface area contributed by atoms with E-state index in [2.05, 4.69) is 32.7 Å². The van der Waals surface area contributed by atoms with E-state index in [4.69, 9.17) is 15.5 Å². The van der Waals surface area contributed by atoms with E-state index in [0.29, 0.717) is 24.3 Å². The second-order valence-corrected chi connectivity index (χ2v) is 12.0. The van der Waals surface area contributed by atoms with Gasteiger partial charge in [0, 0.05) is 61.2 Å². The Bertz CT molecular complexity index is 1420. The molecule has 1 atom stereocenters. The number of nitrogens with two attached hydrogens (primary N) is 1. The fraction of sp³-hybridized carbons (Fsp3) is 0.516.